The van der Waals surface area contributed by atoms with E-state index in [-0.39, 0.29) is 19.8 Å². The van der Waals surface area contributed by atoms with E-state index in [1.165, 1.54) is 0 Å². The standard InChI is InChI=1S/C29H30O5P2/c1-3-33-36(31,34-4-2)28-21-13-11-15-24(28)23-32-27-20-12-14-22-29(27)35(30,25-16-7-5-8-17-25)26-18-9-6-10-19-26/h5-22H,3-4,23H2,1-2H3. The summed E-state index contributed by atoms with van der Waals surface area (Å²) >= 11 is 0. The minimum atomic E-state index is -3.51. The van der Waals surface area contributed by atoms with E-state index >= 15 is 0 Å². The largest absolute Gasteiger partial charge is 0.488 e. The third kappa shape index (κ3) is 5.40. The second-order valence-corrected chi connectivity index (χ2v) is 12.7. The molecule has 4 aromatic rings. The van der Waals surface area contributed by atoms with E-state index in [9.17, 15) is 9.13 Å². The number of hydrogen-bond acceptors (Lipinski definition) is 5. The van der Waals surface area contributed by atoms with E-state index in [1.54, 1.807) is 26.0 Å². The summed E-state index contributed by atoms with van der Waals surface area (Å²) < 4.78 is 45.8. The van der Waals surface area contributed by atoms with E-state index in [0.717, 1.165) is 10.6 Å². The van der Waals surface area contributed by atoms with Gasteiger partial charge in [-0.3, -0.25) is 4.57 Å². The molecule has 0 aliphatic rings. The van der Waals surface area contributed by atoms with Crippen LogP contribution >= 0.6 is 14.7 Å². The molecule has 5 nitrogen and oxygen atoms in total. The number of rotatable bonds is 11. The quantitative estimate of drug-likeness (QED) is 0.234. The van der Waals surface area contributed by atoms with Crippen molar-refractivity contribution >= 4 is 36.0 Å². The van der Waals surface area contributed by atoms with Crippen LogP contribution in [0.25, 0.3) is 0 Å². The Kier molecular flexibility index (Phi) is 8.61. The molecule has 0 atom stereocenters. The van der Waals surface area contributed by atoms with Gasteiger partial charge in [0.15, 0.2) is 7.14 Å². The van der Waals surface area contributed by atoms with Crippen molar-refractivity contribution in [1.29, 1.82) is 0 Å². The Morgan fingerprint density at radius 3 is 1.61 bits per heavy atom. The fraction of sp³-hybridized carbons (Fsp3) is 0.172. The molecule has 0 aliphatic heterocycles. The Labute approximate surface area is 213 Å². The predicted octanol–water partition coefficient (Wildman–Crippen LogP) is 5.80. The molecule has 186 valence electrons. The van der Waals surface area contributed by atoms with Gasteiger partial charge in [-0.05, 0) is 32.0 Å². The van der Waals surface area contributed by atoms with E-state index < -0.39 is 14.7 Å². The summed E-state index contributed by atoms with van der Waals surface area (Å²) in [4.78, 5) is 0. The lowest BCUT2D eigenvalue weighted by molar-refractivity contribution is 0.229. The Morgan fingerprint density at radius 2 is 1.06 bits per heavy atom. The third-order valence-electron chi connectivity index (χ3n) is 5.71. The molecule has 0 bridgehead atoms. The lowest BCUT2D eigenvalue weighted by atomic mass is 10.2. The van der Waals surface area contributed by atoms with Gasteiger partial charge in [-0.25, -0.2) is 0 Å². The van der Waals surface area contributed by atoms with Gasteiger partial charge in [-0.2, -0.15) is 0 Å². The molecular formula is C29H30O5P2. The van der Waals surface area contributed by atoms with Crippen LogP contribution < -0.4 is 26.0 Å². The molecule has 4 aromatic carbocycles. The van der Waals surface area contributed by atoms with Crippen LogP contribution in [-0.2, 0) is 24.8 Å². The van der Waals surface area contributed by atoms with Crippen LogP contribution in [0, 0.1) is 0 Å². The number of para-hydroxylation sites is 1. The number of hydrogen-bond donors (Lipinski definition) is 0. The van der Waals surface area contributed by atoms with Crippen LogP contribution in [-0.4, -0.2) is 13.2 Å². The van der Waals surface area contributed by atoms with Crippen molar-refractivity contribution in [3.63, 3.8) is 0 Å². The molecule has 0 N–H and O–H groups in total. The Bertz CT molecular complexity index is 1320. The molecule has 0 saturated heterocycles. The highest BCUT2D eigenvalue weighted by atomic mass is 31.2. The fourth-order valence-corrected chi connectivity index (χ4v) is 8.69. The Hall–Kier alpha value is -2.94. The van der Waals surface area contributed by atoms with Crippen LogP contribution in [0.5, 0.6) is 5.75 Å². The fourth-order valence-electron chi connectivity index (χ4n) is 4.11. The second-order valence-electron chi connectivity index (χ2n) is 8.00. The average molecular weight is 521 g/mol. The molecule has 0 aromatic heterocycles. The number of ether oxygens (including phenoxy) is 1. The highest BCUT2D eigenvalue weighted by molar-refractivity contribution is 7.85. The van der Waals surface area contributed by atoms with Crippen LogP contribution in [0.4, 0.5) is 0 Å². The van der Waals surface area contributed by atoms with E-state index in [0.29, 0.717) is 21.9 Å². The number of benzene rings is 4. The molecule has 4 rings (SSSR count). The maximum Gasteiger partial charge on any atom is 0.361 e. The van der Waals surface area contributed by atoms with Gasteiger partial charge in [-0.15, -0.1) is 0 Å². The SMILES string of the molecule is CCOP(=O)(OCC)c1ccccc1COc1ccccc1P(=O)(c1ccccc1)c1ccccc1. The molecule has 36 heavy (non-hydrogen) atoms. The van der Waals surface area contributed by atoms with Gasteiger partial charge in [0.05, 0.1) is 23.8 Å². The van der Waals surface area contributed by atoms with E-state index in [2.05, 4.69) is 0 Å². The molecule has 0 radical (unpaired) electrons. The molecule has 0 fully saturated rings. The van der Waals surface area contributed by atoms with Crippen molar-refractivity contribution in [2.45, 2.75) is 20.5 Å². The summed E-state index contributed by atoms with van der Waals surface area (Å²) in [5.74, 6) is 0.506. The maximum atomic E-state index is 14.9. The molecule has 0 heterocycles. The second kappa shape index (κ2) is 11.9. The summed E-state index contributed by atoms with van der Waals surface area (Å²) in [6.07, 6.45) is 0. The highest BCUT2D eigenvalue weighted by Gasteiger charge is 2.33. The van der Waals surface area contributed by atoms with Gasteiger partial charge in [-0.1, -0.05) is 91.0 Å². The van der Waals surface area contributed by atoms with Crippen LogP contribution in [0.15, 0.2) is 109 Å². The topological polar surface area (TPSA) is 61.8 Å². The zero-order valence-corrected chi connectivity index (χ0v) is 22.2. The van der Waals surface area contributed by atoms with E-state index in [4.69, 9.17) is 13.8 Å². The van der Waals surface area contributed by atoms with Crippen molar-refractivity contribution in [2.24, 2.45) is 0 Å². The predicted molar refractivity (Wildman–Crippen MR) is 147 cm³/mol. The summed E-state index contributed by atoms with van der Waals surface area (Å²) in [6, 6.07) is 33.6. The van der Waals surface area contributed by atoms with E-state index in [1.807, 2.05) is 97.1 Å². The minimum absolute atomic E-state index is 0.112. The monoisotopic (exact) mass is 520 g/mol. The smallest absolute Gasteiger partial charge is 0.361 e. The van der Waals surface area contributed by atoms with Crippen molar-refractivity contribution in [3.05, 3.63) is 115 Å². The lowest BCUT2D eigenvalue weighted by Gasteiger charge is -2.23. The lowest BCUT2D eigenvalue weighted by Crippen LogP contribution is -2.26. The molecular weight excluding hydrogens is 490 g/mol. The normalized spacial score (nSPS) is 11.8. The summed E-state index contributed by atoms with van der Waals surface area (Å²) in [7, 11) is -6.74. The van der Waals surface area contributed by atoms with Crippen LogP contribution in [0.2, 0.25) is 0 Å². The Morgan fingerprint density at radius 1 is 0.583 bits per heavy atom. The first-order valence-corrected chi connectivity index (χ1v) is 15.2. The maximum absolute atomic E-state index is 14.9. The molecule has 0 spiro atoms. The van der Waals surface area contributed by atoms with Gasteiger partial charge in [0.1, 0.15) is 12.4 Å². The van der Waals surface area contributed by atoms with Crippen molar-refractivity contribution < 1.29 is 22.9 Å². The van der Waals surface area contributed by atoms with Crippen LogP contribution in [0.3, 0.4) is 0 Å². The molecule has 0 aliphatic carbocycles. The third-order valence-corrected chi connectivity index (χ3v) is 11.0. The molecule has 0 unspecified atom stereocenters. The highest BCUT2D eigenvalue weighted by Crippen LogP contribution is 2.48. The summed E-state index contributed by atoms with van der Waals surface area (Å²) in [6.45, 7) is 4.19. The van der Waals surface area contributed by atoms with Crippen molar-refractivity contribution in [3.8, 4) is 5.75 Å². The van der Waals surface area contributed by atoms with Crippen LogP contribution in [0.1, 0.15) is 19.4 Å². The van der Waals surface area contributed by atoms with Gasteiger partial charge in [0.2, 0.25) is 0 Å². The zero-order valence-electron chi connectivity index (χ0n) is 20.4. The van der Waals surface area contributed by atoms with Gasteiger partial charge in [0.25, 0.3) is 0 Å². The molecule has 0 saturated carbocycles. The first kappa shape index (κ1) is 26.1. The van der Waals surface area contributed by atoms with Crippen molar-refractivity contribution in [2.75, 3.05) is 13.2 Å². The minimum Gasteiger partial charge on any atom is -0.488 e. The van der Waals surface area contributed by atoms with Gasteiger partial charge in [0, 0.05) is 16.2 Å². The van der Waals surface area contributed by atoms with Crippen molar-refractivity contribution in [1.82, 2.24) is 0 Å². The average Bonchev–Trinajstić information content (AvgIpc) is 2.93. The van der Waals surface area contributed by atoms with Gasteiger partial charge >= 0.3 is 7.60 Å². The first-order chi connectivity index (χ1) is 17.5. The summed E-state index contributed by atoms with van der Waals surface area (Å²) in [5, 5.41) is 2.54. The zero-order chi connectivity index (χ0) is 25.4. The first-order valence-electron chi connectivity index (χ1n) is 11.9. The Balaban J connectivity index is 1.75. The molecule has 0 amide bonds. The van der Waals surface area contributed by atoms with Gasteiger partial charge < -0.3 is 18.3 Å². The summed E-state index contributed by atoms with van der Waals surface area (Å²) in [5.41, 5.74) is 0.687. The molecule has 7 heteroatoms.